The minimum absolute atomic E-state index is 0.465. The number of aromatic nitrogens is 1. The Morgan fingerprint density at radius 1 is 1.38 bits per heavy atom. The van der Waals surface area contributed by atoms with Crippen molar-refractivity contribution in [1.29, 1.82) is 0 Å². The number of benzene rings is 1. The number of fused-ring (bicyclic) bond motifs is 1. The van der Waals surface area contributed by atoms with E-state index in [1.54, 1.807) is 0 Å². The lowest BCUT2D eigenvalue weighted by molar-refractivity contribution is 0.299. The van der Waals surface area contributed by atoms with Crippen molar-refractivity contribution in [2.24, 2.45) is 0 Å². The van der Waals surface area contributed by atoms with Gasteiger partial charge in [0.2, 0.25) is 0 Å². The lowest BCUT2D eigenvalue weighted by atomic mass is 10.1. The maximum atomic E-state index is 6.05. The van der Waals surface area contributed by atoms with E-state index in [2.05, 4.69) is 35.6 Å². The van der Waals surface area contributed by atoms with Crippen LogP contribution in [0, 0.1) is 13.8 Å². The van der Waals surface area contributed by atoms with Crippen LogP contribution in [0.2, 0.25) is 0 Å². The third kappa shape index (κ3) is 2.68. The van der Waals surface area contributed by atoms with Gasteiger partial charge in [0.05, 0.1) is 11.3 Å². The molecular formula is C17H22N2O2. The van der Waals surface area contributed by atoms with E-state index in [4.69, 9.17) is 9.26 Å². The molecule has 4 nitrogen and oxygen atoms in total. The van der Waals surface area contributed by atoms with E-state index >= 15 is 0 Å². The summed E-state index contributed by atoms with van der Waals surface area (Å²) in [4.78, 5) is 0. The summed E-state index contributed by atoms with van der Waals surface area (Å²) in [6, 6.07) is 6.81. The SMILES string of the molecule is CCNC1CCc2c(OCc3c(C)noc3C)cccc21. The topological polar surface area (TPSA) is 47.3 Å². The first-order valence-electron chi connectivity index (χ1n) is 7.60. The molecule has 0 bridgehead atoms. The van der Waals surface area contributed by atoms with Gasteiger partial charge in [0.1, 0.15) is 18.1 Å². The Morgan fingerprint density at radius 2 is 2.24 bits per heavy atom. The predicted octanol–water partition coefficient (Wildman–Crippen LogP) is 3.47. The second-order valence-electron chi connectivity index (χ2n) is 5.56. The average Bonchev–Trinajstić information content (AvgIpc) is 3.03. The molecule has 1 aromatic carbocycles. The highest BCUT2D eigenvalue weighted by Crippen LogP contribution is 2.37. The molecule has 1 heterocycles. The third-order valence-electron chi connectivity index (χ3n) is 4.23. The fourth-order valence-electron chi connectivity index (χ4n) is 3.07. The number of nitrogens with one attached hydrogen (secondary N) is 1. The highest BCUT2D eigenvalue weighted by Gasteiger charge is 2.24. The van der Waals surface area contributed by atoms with Gasteiger partial charge in [-0.05, 0) is 50.4 Å². The summed E-state index contributed by atoms with van der Waals surface area (Å²) >= 11 is 0. The molecule has 1 aromatic heterocycles. The van der Waals surface area contributed by atoms with Crippen LogP contribution >= 0.6 is 0 Å². The van der Waals surface area contributed by atoms with Crippen LogP contribution in [0.1, 0.15) is 47.5 Å². The molecule has 0 saturated heterocycles. The molecule has 0 saturated carbocycles. The van der Waals surface area contributed by atoms with Gasteiger partial charge in [-0.1, -0.05) is 24.2 Å². The van der Waals surface area contributed by atoms with E-state index in [1.807, 2.05) is 13.8 Å². The van der Waals surface area contributed by atoms with Gasteiger partial charge < -0.3 is 14.6 Å². The molecule has 0 amide bonds. The molecule has 0 fully saturated rings. The van der Waals surface area contributed by atoms with Crippen molar-refractivity contribution in [3.8, 4) is 5.75 Å². The van der Waals surface area contributed by atoms with Crippen LogP contribution in [-0.2, 0) is 13.0 Å². The van der Waals surface area contributed by atoms with Gasteiger partial charge in [0.25, 0.3) is 0 Å². The van der Waals surface area contributed by atoms with Crippen molar-refractivity contribution in [3.05, 3.63) is 46.3 Å². The van der Waals surface area contributed by atoms with Crippen molar-refractivity contribution in [2.45, 2.75) is 46.3 Å². The zero-order valence-corrected chi connectivity index (χ0v) is 12.9. The van der Waals surface area contributed by atoms with Gasteiger partial charge in [-0.2, -0.15) is 0 Å². The van der Waals surface area contributed by atoms with Crippen molar-refractivity contribution in [1.82, 2.24) is 10.5 Å². The second kappa shape index (κ2) is 5.90. The van der Waals surface area contributed by atoms with Crippen LogP contribution in [0.15, 0.2) is 22.7 Å². The number of rotatable bonds is 5. The van der Waals surface area contributed by atoms with Gasteiger partial charge in [-0.25, -0.2) is 0 Å². The summed E-state index contributed by atoms with van der Waals surface area (Å²) in [5.41, 5.74) is 4.68. The Kier molecular flexibility index (Phi) is 3.97. The van der Waals surface area contributed by atoms with Crippen molar-refractivity contribution in [3.63, 3.8) is 0 Å². The van der Waals surface area contributed by atoms with Crippen LogP contribution in [-0.4, -0.2) is 11.7 Å². The molecule has 0 spiro atoms. The summed E-state index contributed by atoms with van der Waals surface area (Å²) in [6.45, 7) is 7.54. The molecular weight excluding hydrogens is 264 g/mol. The lowest BCUT2D eigenvalue weighted by Gasteiger charge is -2.14. The third-order valence-corrected chi connectivity index (χ3v) is 4.23. The quantitative estimate of drug-likeness (QED) is 0.914. The van der Waals surface area contributed by atoms with Crippen LogP contribution in [0.5, 0.6) is 5.75 Å². The zero-order chi connectivity index (χ0) is 14.8. The molecule has 1 aliphatic carbocycles. The highest BCUT2D eigenvalue weighted by atomic mass is 16.5. The highest BCUT2D eigenvalue weighted by molar-refractivity contribution is 5.45. The number of hydrogen-bond donors (Lipinski definition) is 1. The molecule has 4 heteroatoms. The summed E-state index contributed by atoms with van der Waals surface area (Å²) in [5, 5.41) is 7.51. The van der Waals surface area contributed by atoms with Crippen LogP contribution in [0.4, 0.5) is 0 Å². The minimum atomic E-state index is 0.465. The molecule has 1 aliphatic rings. The molecule has 112 valence electrons. The lowest BCUT2D eigenvalue weighted by Crippen LogP contribution is -2.18. The predicted molar refractivity (Wildman–Crippen MR) is 81.5 cm³/mol. The Balaban J connectivity index is 1.78. The van der Waals surface area contributed by atoms with Gasteiger partial charge in [-0.15, -0.1) is 0 Å². The molecule has 1 N–H and O–H groups in total. The second-order valence-corrected chi connectivity index (χ2v) is 5.56. The standard InChI is InChI=1S/C17H22N2O2/c1-4-18-16-9-8-14-13(16)6-5-7-17(14)20-10-15-11(2)19-21-12(15)3/h5-7,16,18H,4,8-10H2,1-3H3. The number of ether oxygens (including phenoxy) is 1. The molecule has 1 unspecified atom stereocenters. The van der Waals surface area contributed by atoms with Gasteiger partial charge in [0.15, 0.2) is 0 Å². The van der Waals surface area contributed by atoms with E-state index in [0.29, 0.717) is 12.6 Å². The van der Waals surface area contributed by atoms with E-state index in [9.17, 15) is 0 Å². The Bertz CT molecular complexity index is 614. The molecule has 0 aliphatic heterocycles. The fourth-order valence-corrected chi connectivity index (χ4v) is 3.07. The monoisotopic (exact) mass is 286 g/mol. The average molecular weight is 286 g/mol. The smallest absolute Gasteiger partial charge is 0.140 e. The minimum Gasteiger partial charge on any atom is -0.488 e. The largest absolute Gasteiger partial charge is 0.488 e. The van der Waals surface area contributed by atoms with Crippen molar-refractivity contribution >= 4 is 0 Å². The van der Waals surface area contributed by atoms with Crippen molar-refractivity contribution in [2.75, 3.05) is 6.54 Å². The Morgan fingerprint density at radius 3 is 2.95 bits per heavy atom. The number of nitrogens with zero attached hydrogens (tertiary/aromatic N) is 1. The summed E-state index contributed by atoms with van der Waals surface area (Å²) in [5.74, 6) is 1.83. The summed E-state index contributed by atoms with van der Waals surface area (Å²) in [6.07, 6.45) is 2.22. The van der Waals surface area contributed by atoms with Crippen LogP contribution in [0.25, 0.3) is 0 Å². The van der Waals surface area contributed by atoms with Crippen molar-refractivity contribution < 1.29 is 9.26 Å². The van der Waals surface area contributed by atoms with Gasteiger partial charge in [-0.3, -0.25) is 0 Å². The maximum Gasteiger partial charge on any atom is 0.140 e. The first kappa shape index (κ1) is 14.1. The van der Waals surface area contributed by atoms with E-state index in [-0.39, 0.29) is 0 Å². The fraction of sp³-hybridized carbons (Fsp3) is 0.471. The molecule has 21 heavy (non-hydrogen) atoms. The molecule has 1 atom stereocenters. The normalized spacial score (nSPS) is 17.0. The molecule has 3 rings (SSSR count). The Hall–Kier alpha value is -1.81. The molecule has 0 radical (unpaired) electrons. The van der Waals surface area contributed by atoms with Crippen LogP contribution in [0.3, 0.4) is 0 Å². The van der Waals surface area contributed by atoms with E-state index in [0.717, 1.165) is 42.2 Å². The van der Waals surface area contributed by atoms with E-state index < -0.39 is 0 Å². The van der Waals surface area contributed by atoms with Gasteiger partial charge >= 0.3 is 0 Å². The number of aryl methyl sites for hydroxylation is 2. The maximum absolute atomic E-state index is 6.05. The van der Waals surface area contributed by atoms with E-state index in [1.165, 1.54) is 11.1 Å². The van der Waals surface area contributed by atoms with Gasteiger partial charge in [0, 0.05) is 6.04 Å². The number of hydrogen-bond acceptors (Lipinski definition) is 4. The first-order valence-corrected chi connectivity index (χ1v) is 7.60. The van der Waals surface area contributed by atoms with Crippen LogP contribution < -0.4 is 10.1 Å². The zero-order valence-electron chi connectivity index (χ0n) is 12.9. The summed E-state index contributed by atoms with van der Waals surface area (Å²) < 4.78 is 11.2. The molecule has 2 aromatic rings. The first-order chi connectivity index (χ1) is 10.2. The Labute approximate surface area is 125 Å². The summed E-state index contributed by atoms with van der Waals surface area (Å²) in [7, 11) is 0.